The van der Waals surface area contributed by atoms with Crippen molar-refractivity contribution >= 4 is 6.15 Å². The van der Waals surface area contributed by atoms with E-state index < -0.39 is 6.15 Å². The Hall–Kier alpha value is 0.222. The molecule has 0 unspecified atom stereocenters. The van der Waals surface area contributed by atoms with Gasteiger partial charge in [0.05, 0.1) is 6.15 Å². The summed E-state index contributed by atoms with van der Waals surface area (Å²) in [6.45, 7) is 14.2. The van der Waals surface area contributed by atoms with Crippen LogP contribution in [0.1, 0.15) is 73.6 Å². The average Bonchev–Trinajstić information content (AvgIpc) is 2.35. The minimum Gasteiger partial charge on any atom is -0.314 e. The fourth-order valence-electron chi connectivity index (χ4n) is 4.71. The second-order valence-corrected chi connectivity index (χ2v) is 8.99. The molecular weight excluding hydrogens is 258 g/mol. The van der Waals surface area contributed by atoms with Gasteiger partial charge in [-0.15, -0.1) is 5.92 Å². The van der Waals surface area contributed by atoms with Crippen LogP contribution in [-0.2, 0) is 0 Å². The van der Waals surface area contributed by atoms with Crippen LogP contribution in [0.5, 0.6) is 0 Å². The van der Waals surface area contributed by atoms with E-state index in [1.54, 1.807) is 0 Å². The van der Waals surface area contributed by atoms with E-state index in [2.05, 4.69) is 53.3 Å². The quantitative estimate of drug-likeness (QED) is 0.519. The average molecular weight is 296 g/mol. The maximum atomic E-state index is 3.91. The van der Waals surface area contributed by atoms with Gasteiger partial charge in [-0.05, 0) is 12.8 Å². The van der Waals surface area contributed by atoms with Gasteiger partial charge >= 0.3 is 18.9 Å². The minimum atomic E-state index is -0.502. The van der Waals surface area contributed by atoms with E-state index in [1.807, 2.05) is 0 Å². The molecule has 122 valence electrons. The molecule has 0 amide bonds. The van der Waals surface area contributed by atoms with Crippen LogP contribution < -0.4 is 18.9 Å². The fourth-order valence-corrected chi connectivity index (χ4v) is 4.71. The Morgan fingerprint density at radius 2 is 1.18 bits per heavy atom. The molecule has 0 heterocycles. The first kappa shape index (κ1) is 22.2. The van der Waals surface area contributed by atoms with Crippen molar-refractivity contribution in [2.45, 2.75) is 92.6 Å². The van der Waals surface area contributed by atoms with Crippen molar-refractivity contribution in [2.75, 3.05) is 0 Å². The Morgan fingerprint density at radius 3 is 1.55 bits per heavy atom. The summed E-state index contributed by atoms with van der Waals surface area (Å²) in [4.78, 5) is 0. The zero-order valence-corrected chi connectivity index (χ0v) is 16.5. The Labute approximate surface area is 153 Å². The van der Waals surface area contributed by atoms with Crippen molar-refractivity contribution in [3.63, 3.8) is 0 Å². The molecule has 1 saturated carbocycles. The van der Waals surface area contributed by atoms with E-state index in [4.69, 9.17) is 0 Å². The summed E-state index contributed by atoms with van der Waals surface area (Å²) in [6, 6.07) is 0. The van der Waals surface area contributed by atoms with Gasteiger partial charge in [-0.1, -0.05) is 78.6 Å². The van der Waals surface area contributed by atoms with E-state index >= 15 is 0 Å². The molecule has 0 nitrogen and oxygen atoms in total. The number of rotatable bonds is 6. The molecule has 0 aromatic rings. The van der Waals surface area contributed by atoms with Crippen LogP contribution in [-0.4, -0.2) is 6.15 Å². The molecule has 1 aliphatic rings. The summed E-state index contributed by atoms with van der Waals surface area (Å²) >= 11 is 0. The third-order valence-electron chi connectivity index (χ3n) is 4.97. The molecule has 0 radical (unpaired) electrons. The Kier molecular flexibility index (Phi) is 11.0. The normalized spacial score (nSPS) is 16.6. The molecule has 2 heteroatoms. The summed E-state index contributed by atoms with van der Waals surface area (Å²) in [5.41, 5.74) is 0. The van der Waals surface area contributed by atoms with Gasteiger partial charge in [-0.3, -0.25) is 0 Å². The molecule has 0 aromatic heterocycles. The van der Waals surface area contributed by atoms with Crippen LogP contribution in [0, 0.1) is 35.4 Å². The molecule has 0 spiro atoms. The van der Waals surface area contributed by atoms with E-state index in [9.17, 15) is 0 Å². The van der Waals surface area contributed by atoms with E-state index in [0.29, 0.717) is 5.92 Å². The van der Waals surface area contributed by atoms with Crippen LogP contribution in [0.4, 0.5) is 0 Å². The van der Waals surface area contributed by atoms with E-state index in [-0.39, 0.29) is 18.9 Å². The maximum absolute atomic E-state index is 3.91. The van der Waals surface area contributed by atoms with Gasteiger partial charge in [-0.25, -0.2) is 0 Å². The molecule has 0 aromatic carbocycles. The topological polar surface area (TPSA) is 0 Å². The van der Waals surface area contributed by atoms with Crippen molar-refractivity contribution < 1.29 is 18.9 Å². The van der Waals surface area contributed by atoms with Crippen molar-refractivity contribution in [2.24, 2.45) is 23.7 Å². The van der Waals surface area contributed by atoms with Crippen molar-refractivity contribution in [3.8, 4) is 11.7 Å². The van der Waals surface area contributed by atoms with Crippen molar-refractivity contribution in [1.29, 1.82) is 0 Å². The zero-order chi connectivity index (χ0) is 15.9. The maximum Gasteiger partial charge on any atom is 1.00 e. The van der Waals surface area contributed by atoms with Gasteiger partial charge in [-0.2, -0.15) is 19.0 Å². The first-order valence-corrected chi connectivity index (χ1v) is 9.56. The zero-order valence-electron chi connectivity index (χ0n) is 16.5. The minimum absolute atomic E-state index is 0. The molecule has 22 heavy (non-hydrogen) atoms. The Balaban J connectivity index is 0.00000441. The van der Waals surface area contributed by atoms with Crippen LogP contribution in [0.3, 0.4) is 0 Å². The van der Waals surface area contributed by atoms with Crippen molar-refractivity contribution in [3.05, 3.63) is 0 Å². The molecule has 0 aliphatic heterocycles. The second-order valence-electron chi connectivity index (χ2n) is 8.99. The third kappa shape index (κ3) is 8.75. The standard InChI is InChI=1S/C20H38B.Li/c1-17(2)14-21(15-18(3)4,16-19(5)6)13-12-20-10-8-7-9-11-20;/h17-20H,7-11,14-16H2,1-6H3;/q-1;+1. The summed E-state index contributed by atoms with van der Waals surface area (Å²) in [7, 11) is 0. The predicted octanol–water partition coefficient (Wildman–Crippen LogP) is 3.53. The molecule has 0 saturated heterocycles. The van der Waals surface area contributed by atoms with Gasteiger partial charge in [0, 0.05) is 5.92 Å². The number of hydrogen-bond donors (Lipinski definition) is 0. The Bertz CT molecular complexity index is 316. The molecule has 1 fully saturated rings. The van der Waals surface area contributed by atoms with Gasteiger partial charge < -0.3 is 5.82 Å². The summed E-state index contributed by atoms with van der Waals surface area (Å²) in [5.74, 6) is 10.7. The monoisotopic (exact) mass is 296 g/mol. The molecule has 1 aliphatic carbocycles. The van der Waals surface area contributed by atoms with Gasteiger partial charge in [0.2, 0.25) is 0 Å². The fraction of sp³-hybridized carbons (Fsp3) is 0.900. The molecule has 0 bridgehead atoms. The first-order valence-electron chi connectivity index (χ1n) is 9.56. The molecule has 1 rings (SSSR count). The number of hydrogen-bond acceptors (Lipinski definition) is 0. The summed E-state index contributed by atoms with van der Waals surface area (Å²) in [6.07, 6.45) is 10.4. The van der Waals surface area contributed by atoms with Gasteiger partial charge in [0.15, 0.2) is 0 Å². The van der Waals surface area contributed by atoms with E-state index in [0.717, 1.165) is 17.8 Å². The SMILES string of the molecule is CC(C)C[B-](C#CC1CCCCC1)(CC(C)C)CC(C)C.[Li+]. The van der Waals surface area contributed by atoms with Crippen LogP contribution in [0.2, 0.25) is 19.0 Å². The predicted molar refractivity (Wildman–Crippen MR) is 99.0 cm³/mol. The van der Waals surface area contributed by atoms with Crippen LogP contribution in [0.25, 0.3) is 0 Å². The van der Waals surface area contributed by atoms with Gasteiger partial charge in [0.25, 0.3) is 0 Å². The van der Waals surface area contributed by atoms with Gasteiger partial charge in [0.1, 0.15) is 0 Å². The molecule has 0 atom stereocenters. The Morgan fingerprint density at radius 1 is 0.773 bits per heavy atom. The third-order valence-corrected chi connectivity index (χ3v) is 4.97. The van der Waals surface area contributed by atoms with Crippen LogP contribution in [0.15, 0.2) is 0 Å². The van der Waals surface area contributed by atoms with Crippen molar-refractivity contribution in [1.82, 2.24) is 0 Å². The summed E-state index contributed by atoms with van der Waals surface area (Å²) in [5, 5.41) is 0. The largest absolute Gasteiger partial charge is 1.00 e. The summed E-state index contributed by atoms with van der Waals surface area (Å²) < 4.78 is 0. The first-order chi connectivity index (χ1) is 9.83. The van der Waals surface area contributed by atoms with E-state index in [1.165, 1.54) is 51.1 Å². The van der Waals surface area contributed by atoms with Crippen LogP contribution >= 0.6 is 0 Å². The second kappa shape index (κ2) is 10.9. The molecule has 0 N–H and O–H groups in total. The molecular formula is C20H38BLi. The smallest absolute Gasteiger partial charge is 0.314 e.